The molecule has 2 aromatic carbocycles. The maximum atomic E-state index is 12.4. The molecule has 0 radical (unpaired) electrons. The van der Waals surface area contributed by atoms with E-state index >= 15 is 0 Å². The van der Waals surface area contributed by atoms with Crippen molar-refractivity contribution in [2.45, 2.75) is 26.7 Å². The lowest BCUT2D eigenvalue weighted by atomic mass is 10.1. The van der Waals surface area contributed by atoms with Crippen molar-refractivity contribution in [2.24, 2.45) is 0 Å². The molecule has 0 unspecified atom stereocenters. The molecule has 0 aliphatic carbocycles. The number of aromatic nitrogens is 1. The van der Waals surface area contributed by atoms with Crippen LogP contribution in [0.15, 0.2) is 53.9 Å². The van der Waals surface area contributed by atoms with Gasteiger partial charge in [0.05, 0.1) is 12.1 Å². The van der Waals surface area contributed by atoms with Crippen LogP contribution in [-0.2, 0) is 16.0 Å². The summed E-state index contributed by atoms with van der Waals surface area (Å²) in [7, 11) is 0. The first-order valence-electron chi connectivity index (χ1n) is 8.75. The zero-order valence-corrected chi connectivity index (χ0v) is 16.1. The number of rotatable bonds is 6. The minimum absolute atomic E-state index is 0.0629. The molecule has 0 aliphatic rings. The van der Waals surface area contributed by atoms with E-state index in [4.69, 9.17) is 0 Å². The number of anilines is 2. The summed E-state index contributed by atoms with van der Waals surface area (Å²) in [5, 5.41) is 8.53. The second-order valence-electron chi connectivity index (χ2n) is 6.17. The highest BCUT2D eigenvalue weighted by Crippen LogP contribution is 2.24. The Labute approximate surface area is 162 Å². The molecule has 3 aromatic rings. The molecule has 1 aromatic heterocycles. The molecule has 0 saturated heterocycles. The summed E-state index contributed by atoms with van der Waals surface area (Å²) in [6, 6.07) is 15.4. The molecule has 5 nitrogen and oxygen atoms in total. The second-order valence-corrected chi connectivity index (χ2v) is 7.02. The molecule has 0 spiro atoms. The Bertz CT molecular complexity index is 951. The number of amides is 2. The van der Waals surface area contributed by atoms with Crippen molar-refractivity contribution in [3.63, 3.8) is 0 Å². The van der Waals surface area contributed by atoms with Crippen molar-refractivity contribution in [2.75, 3.05) is 10.6 Å². The minimum Gasteiger partial charge on any atom is -0.326 e. The van der Waals surface area contributed by atoms with Gasteiger partial charge in [0.25, 0.3) is 0 Å². The van der Waals surface area contributed by atoms with Gasteiger partial charge >= 0.3 is 0 Å². The molecule has 3 rings (SSSR count). The Hall–Kier alpha value is -2.99. The first-order chi connectivity index (χ1) is 13.0. The van der Waals surface area contributed by atoms with Crippen LogP contribution in [0.25, 0.3) is 10.6 Å². The molecule has 0 bridgehead atoms. The summed E-state index contributed by atoms with van der Waals surface area (Å²) in [6.07, 6.45) is 0.609. The van der Waals surface area contributed by atoms with E-state index in [2.05, 4.69) is 15.6 Å². The summed E-state index contributed by atoms with van der Waals surface area (Å²) < 4.78 is 0. The van der Waals surface area contributed by atoms with Crippen molar-refractivity contribution >= 4 is 34.5 Å². The highest BCUT2D eigenvalue weighted by Gasteiger charge is 2.11. The van der Waals surface area contributed by atoms with E-state index < -0.39 is 0 Å². The van der Waals surface area contributed by atoms with Gasteiger partial charge < -0.3 is 10.6 Å². The molecule has 0 atom stereocenters. The second kappa shape index (κ2) is 8.60. The van der Waals surface area contributed by atoms with Gasteiger partial charge in [-0.25, -0.2) is 4.98 Å². The van der Waals surface area contributed by atoms with Crippen molar-refractivity contribution in [1.29, 1.82) is 0 Å². The van der Waals surface area contributed by atoms with E-state index in [-0.39, 0.29) is 18.2 Å². The van der Waals surface area contributed by atoms with E-state index in [1.807, 2.05) is 54.8 Å². The lowest BCUT2D eigenvalue weighted by Crippen LogP contribution is -2.16. The number of hydrogen-bond acceptors (Lipinski definition) is 4. The quantitative estimate of drug-likeness (QED) is 0.655. The highest BCUT2D eigenvalue weighted by molar-refractivity contribution is 7.13. The standard InChI is InChI=1S/C21H21N3O2S/c1-3-19(25)22-16-10-9-14(2)18(11-16)24-20(26)12-17-13-27-21(23-17)15-7-5-4-6-8-15/h4-11,13H,3,12H2,1-2H3,(H,22,25)(H,24,26). The topological polar surface area (TPSA) is 71.1 Å². The van der Waals surface area contributed by atoms with Crippen LogP contribution >= 0.6 is 11.3 Å². The number of thiazole rings is 1. The summed E-state index contributed by atoms with van der Waals surface area (Å²) >= 11 is 1.53. The monoisotopic (exact) mass is 379 g/mol. The number of nitrogens with one attached hydrogen (secondary N) is 2. The van der Waals surface area contributed by atoms with Crippen LogP contribution < -0.4 is 10.6 Å². The Morgan fingerprint density at radius 1 is 1.04 bits per heavy atom. The van der Waals surface area contributed by atoms with Gasteiger partial charge in [-0.05, 0) is 24.6 Å². The van der Waals surface area contributed by atoms with Crippen LogP contribution in [0.2, 0.25) is 0 Å². The highest BCUT2D eigenvalue weighted by atomic mass is 32.1. The van der Waals surface area contributed by atoms with Gasteiger partial charge in [0.2, 0.25) is 11.8 Å². The molecule has 27 heavy (non-hydrogen) atoms. The van der Waals surface area contributed by atoms with E-state index in [0.717, 1.165) is 21.8 Å². The lowest BCUT2D eigenvalue weighted by molar-refractivity contribution is -0.116. The van der Waals surface area contributed by atoms with Crippen LogP contribution in [0.1, 0.15) is 24.6 Å². The van der Waals surface area contributed by atoms with Gasteiger partial charge in [-0.1, -0.05) is 43.3 Å². The third-order valence-electron chi connectivity index (χ3n) is 4.03. The molecule has 2 amide bonds. The first kappa shape index (κ1) is 18.8. The van der Waals surface area contributed by atoms with E-state index in [9.17, 15) is 9.59 Å². The van der Waals surface area contributed by atoms with Crippen molar-refractivity contribution in [1.82, 2.24) is 4.98 Å². The summed E-state index contributed by atoms with van der Waals surface area (Å²) in [5.74, 6) is -0.200. The Balaban J connectivity index is 1.67. The average Bonchev–Trinajstić information content (AvgIpc) is 3.13. The average molecular weight is 379 g/mol. The van der Waals surface area contributed by atoms with E-state index in [1.54, 1.807) is 13.0 Å². The van der Waals surface area contributed by atoms with Gasteiger partial charge in [0.1, 0.15) is 5.01 Å². The molecule has 0 fully saturated rings. The number of aryl methyl sites for hydroxylation is 1. The van der Waals surface area contributed by atoms with Crippen molar-refractivity contribution in [3.05, 3.63) is 65.2 Å². The number of carbonyl (C=O) groups excluding carboxylic acids is 2. The van der Waals surface area contributed by atoms with Gasteiger partial charge in [-0.3, -0.25) is 9.59 Å². The summed E-state index contributed by atoms with van der Waals surface area (Å²) in [4.78, 5) is 28.5. The molecule has 0 aliphatic heterocycles. The van der Waals surface area contributed by atoms with Crippen LogP contribution in [0.4, 0.5) is 11.4 Å². The van der Waals surface area contributed by atoms with Crippen LogP contribution in [0, 0.1) is 6.92 Å². The predicted octanol–water partition coefficient (Wildman–Crippen LogP) is 4.65. The minimum atomic E-state index is -0.137. The van der Waals surface area contributed by atoms with Crippen molar-refractivity contribution in [3.8, 4) is 10.6 Å². The fraction of sp³-hybridized carbons (Fsp3) is 0.190. The third kappa shape index (κ3) is 5.01. The molecule has 2 N–H and O–H groups in total. The van der Waals surface area contributed by atoms with E-state index in [1.165, 1.54) is 11.3 Å². The number of nitrogens with zero attached hydrogens (tertiary/aromatic N) is 1. The fourth-order valence-corrected chi connectivity index (χ4v) is 3.37. The SMILES string of the molecule is CCC(=O)Nc1ccc(C)c(NC(=O)Cc2csc(-c3ccccc3)n2)c1. The van der Waals surface area contributed by atoms with Gasteiger partial charge in [0, 0.05) is 28.7 Å². The zero-order chi connectivity index (χ0) is 19.2. The number of benzene rings is 2. The normalized spacial score (nSPS) is 10.4. The molecule has 6 heteroatoms. The molecular weight excluding hydrogens is 358 g/mol. The predicted molar refractivity (Wildman–Crippen MR) is 110 cm³/mol. The molecule has 0 saturated carbocycles. The van der Waals surface area contributed by atoms with Gasteiger partial charge in [-0.2, -0.15) is 0 Å². The number of hydrogen-bond donors (Lipinski definition) is 2. The smallest absolute Gasteiger partial charge is 0.230 e. The molecular formula is C21H21N3O2S. The van der Waals surface area contributed by atoms with Crippen LogP contribution in [0.5, 0.6) is 0 Å². The van der Waals surface area contributed by atoms with E-state index in [0.29, 0.717) is 17.8 Å². The third-order valence-corrected chi connectivity index (χ3v) is 4.97. The zero-order valence-electron chi connectivity index (χ0n) is 15.3. The molecule has 1 heterocycles. The van der Waals surface area contributed by atoms with Gasteiger partial charge in [0.15, 0.2) is 0 Å². The summed E-state index contributed by atoms with van der Waals surface area (Å²) in [5.41, 5.74) is 4.07. The largest absolute Gasteiger partial charge is 0.326 e. The van der Waals surface area contributed by atoms with Crippen LogP contribution in [-0.4, -0.2) is 16.8 Å². The Morgan fingerprint density at radius 3 is 2.56 bits per heavy atom. The number of carbonyl (C=O) groups is 2. The Kier molecular flexibility index (Phi) is 5.98. The first-order valence-corrected chi connectivity index (χ1v) is 9.63. The Morgan fingerprint density at radius 2 is 1.81 bits per heavy atom. The van der Waals surface area contributed by atoms with Crippen LogP contribution in [0.3, 0.4) is 0 Å². The van der Waals surface area contributed by atoms with Crippen molar-refractivity contribution < 1.29 is 9.59 Å². The lowest BCUT2D eigenvalue weighted by Gasteiger charge is -2.11. The maximum absolute atomic E-state index is 12.4. The maximum Gasteiger partial charge on any atom is 0.230 e. The fourth-order valence-electron chi connectivity index (χ4n) is 2.54. The summed E-state index contributed by atoms with van der Waals surface area (Å²) in [6.45, 7) is 3.71. The van der Waals surface area contributed by atoms with Gasteiger partial charge in [-0.15, -0.1) is 11.3 Å². The molecule has 138 valence electrons.